The zero-order chi connectivity index (χ0) is 8.81. The van der Waals surface area contributed by atoms with Crippen molar-refractivity contribution in [3.63, 3.8) is 0 Å². The minimum Gasteiger partial charge on any atom is -0.0853 e. The Bertz CT molecular complexity index is 216. The molecule has 0 heterocycles. The van der Waals surface area contributed by atoms with Crippen LogP contribution in [0.5, 0.6) is 0 Å². The van der Waals surface area contributed by atoms with Gasteiger partial charge in [-0.05, 0) is 39.5 Å². The Hall–Kier alpha value is -0.780. The first-order valence-corrected chi connectivity index (χ1v) is 4.77. The van der Waals surface area contributed by atoms with E-state index in [0.29, 0.717) is 0 Å². The molecule has 0 amide bonds. The average molecular weight is 162 g/mol. The largest absolute Gasteiger partial charge is 0.0853 e. The van der Waals surface area contributed by atoms with E-state index in [1.165, 1.54) is 36.8 Å². The van der Waals surface area contributed by atoms with E-state index in [1.54, 1.807) is 0 Å². The molecule has 0 saturated carbocycles. The van der Waals surface area contributed by atoms with Crippen LogP contribution in [0.25, 0.3) is 0 Å². The molecule has 12 heavy (non-hydrogen) atoms. The molecular formula is C12H18. The van der Waals surface area contributed by atoms with Crippen molar-refractivity contribution in [2.75, 3.05) is 0 Å². The highest BCUT2D eigenvalue weighted by molar-refractivity contribution is 5.13. The molecule has 0 aliphatic heterocycles. The van der Waals surface area contributed by atoms with E-state index >= 15 is 0 Å². The van der Waals surface area contributed by atoms with Gasteiger partial charge < -0.3 is 0 Å². The van der Waals surface area contributed by atoms with Crippen molar-refractivity contribution in [3.8, 4) is 0 Å². The molecule has 1 rings (SSSR count). The molecule has 0 aromatic rings. The van der Waals surface area contributed by atoms with Crippen molar-refractivity contribution in [2.45, 2.75) is 39.5 Å². The Labute approximate surface area is 75.7 Å². The van der Waals surface area contributed by atoms with E-state index in [-0.39, 0.29) is 0 Å². The molecule has 1 aliphatic carbocycles. The highest BCUT2D eigenvalue weighted by Crippen LogP contribution is 2.12. The summed E-state index contributed by atoms with van der Waals surface area (Å²) in [5, 5.41) is 0. The lowest BCUT2D eigenvalue weighted by Gasteiger charge is -2.01. The van der Waals surface area contributed by atoms with E-state index in [0.717, 1.165) is 0 Å². The van der Waals surface area contributed by atoms with Crippen LogP contribution in [-0.2, 0) is 0 Å². The first-order chi connectivity index (χ1) is 5.79. The molecule has 1 aliphatic rings. The number of allylic oxidation sites excluding steroid dienone is 6. The molecule has 0 radical (unpaired) electrons. The van der Waals surface area contributed by atoms with Gasteiger partial charge in [0.05, 0.1) is 0 Å². The molecule has 0 nitrogen and oxygen atoms in total. The topological polar surface area (TPSA) is 0 Å². The van der Waals surface area contributed by atoms with Crippen LogP contribution in [-0.4, -0.2) is 0 Å². The van der Waals surface area contributed by atoms with Crippen LogP contribution in [0.2, 0.25) is 0 Å². The average Bonchev–Trinajstić information content (AvgIpc) is 2.04. The fraction of sp³-hybridized carbons (Fsp3) is 0.500. The third-order valence-corrected chi connectivity index (χ3v) is 2.25. The zero-order valence-corrected chi connectivity index (χ0v) is 8.14. The number of hydrogen-bond donors (Lipinski definition) is 0. The first-order valence-electron chi connectivity index (χ1n) is 4.77. The van der Waals surface area contributed by atoms with E-state index in [2.05, 4.69) is 38.2 Å². The van der Waals surface area contributed by atoms with Crippen LogP contribution in [0.1, 0.15) is 39.5 Å². The molecule has 0 aromatic heterocycles. The lowest BCUT2D eigenvalue weighted by molar-refractivity contribution is 0.916. The fourth-order valence-electron chi connectivity index (χ4n) is 1.37. The SMILES string of the molecule is CC1=CC=CCCC(C)=CCC1. The van der Waals surface area contributed by atoms with Gasteiger partial charge in [0.2, 0.25) is 0 Å². The Balaban J connectivity index is 2.59. The summed E-state index contributed by atoms with van der Waals surface area (Å²) in [5.74, 6) is 0. The second kappa shape index (κ2) is 4.97. The fourth-order valence-corrected chi connectivity index (χ4v) is 1.37. The minimum atomic E-state index is 1.19. The van der Waals surface area contributed by atoms with E-state index in [1.807, 2.05) is 0 Å². The van der Waals surface area contributed by atoms with Crippen molar-refractivity contribution in [1.29, 1.82) is 0 Å². The van der Waals surface area contributed by atoms with Gasteiger partial charge in [-0.2, -0.15) is 0 Å². The second-order valence-corrected chi connectivity index (χ2v) is 3.57. The van der Waals surface area contributed by atoms with Crippen LogP contribution >= 0.6 is 0 Å². The molecular weight excluding hydrogens is 144 g/mol. The summed E-state index contributed by atoms with van der Waals surface area (Å²) in [6, 6.07) is 0. The van der Waals surface area contributed by atoms with Crippen LogP contribution < -0.4 is 0 Å². The summed E-state index contributed by atoms with van der Waals surface area (Å²) in [6.07, 6.45) is 13.9. The monoisotopic (exact) mass is 162 g/mol. The van der Waals surface area contributed by atoms with E-state index in [4.69, 9.17) is 0 Å². The van der Waals surface area contributed by atoms with Crippen molar-refractivity contribution in [2.24, 2.45) is 0 Å². The summed E-state index contributed by atoms with van der Waals surface area (Å²) >= 11 is 0. The van der Waals surface area contributed by atoms with Gasteiger partial charge in [0.15, 0.2) is 0 Å². The molecule has 0 atom stereocenters. The molecule has 0 bridgehead atoms. The molecule has 0 N–H and O–H groups in total. The van der Waals surface area contributed by atoms with E-state index in [9.17, 15) is 0 Å². The lowest BCUT2D eigenvalue weighted by atomic mass is 10.1. The smallest absolute Gasteiger partial charge is 0.0285 e. The summed E-state index contributed by atoms with van der Waals surface area (Å²) in [5.41, 5.74) is 3.02. The number of rotatable bonds is 0. The standard InChI is InChI=1S/C12H18/c1-11-7-4-3-5-8-12(2)10-6-9-11/h3-4,7,10H,5-6,8-9H2,1-2H3. The molecule has 66 valence electrons. The third-order valence-electron chi connectivity index (χ3n) is 2.25. The maximum absolute atomic E-state index is 2.37. The van der Waals surface area contributed by atoms with Gasteiger partial charge in [0.25, 0.3) is 0 Å². The number of hydrogen-bond acceptors (Lipinski definition) is 0. The van der Waals surface area contributed by atoms with Crippen molar-refractivity contribution >= 4 is 0 Å². The van der Waals surface area contributed by atoms with Gasteiger partial charge in [-0.1, -0.05) is 35.5 Å². The Kier molecular flexibility index (Phi) is 3.86. The van der Waals surface area contributed by atoms with Crippen molar-refractivity contribution < 1.29 is 0 Å². The summed E-state index contributed by atoms with van der Waals surface area (Å²) < 4.78 is 0. The van der Waals surface area contributed by atoms with Gasteiger partial charge in [-0.15, -0.1) is 0 Å². The van der Waals surface area contributed by atoms with Crippen LogP contribution in [0, 0.1) is 0 Å². The summed E-state index contributed by atoms with van der Waals surface area (Å²) in [6.45, 7) is 4.43. The molecule has 0 spiro atoms. The van der Waals surface area contributed by atoms with Crippen LogP contribution in [0.4, 0.5) is 0 Å². The molecule has 0 fully saturated rings. The highest BCUT2D eigenvalue weighted by atomic mass is 14.0. The highest BCUT2D eigenvalue weighted by Gasteiger charge is 1.92. The Morgan fingerprint density at radius 2 is 1.75 bits per heavy atom. The van der Waals surface area contributed by atoms with Crippen LogP contribution in [0.15, 0.2) is 35.5 Å². The van der Waals surface area contributed by atoms with E-state index < -0.39 is 0 Å². The molecule has 0 saturated heterocycles. The second-order valence-electron chi connectivity index (χ2n) is 3.57. The van der Waals surface area contributed by atoms with Gasteiger partial charge in [0, 0.05) is 0 Å². The lowest BCUT2D eigenvalue weighted by Crippen LogP contribution is -1.81. The van der Waals surface area contributed by atoms with Gasteiger partial charge in [-0.3, -0.25) is 0 Å². The predicted octanol–water partition coefficient (Wildman–Crippen LogP) is 4.01. The minimum absolute atomic E-state index is 1.19. The first kappa shape index (κ1) is 9.31. The van der Waals surface area contributed by atoms with Crippen molar-refractivity contribution in [1.82, 2.24) is 0 Å². The molecule has 0 unspecified atom stereocenters. The van der Waals surface area contributed by atoms with Crippen LogP contribution in [0.3, 0.4) is 0 Å². The molecule has 0 heteroatoms. The summed E-state index contributed by atoms with van der Waals surface area (Å²) in [7, 11) is 0. The van der Waals surface area contributed by atoms with Gasteiger partial charge in [-0.25, -0.2) is 0 Å². The Morgan fingerprint density at radius 1 is 1.00 bits per heavy atom. The summed E-state index contributed by atoms with van der Waals surface area (Å²) in [4.78, 5) is 0. The van der Waals surface area contributed by atoms with Crippen molar-refractivity contribution in [3.05, 3.63) is 35.5 Å². The normalized spacial score (nSPS) is 19.8. The van der Waals surface area contributed by atoms with Gasteiger partial charge in [0.1, 0.15) is 0 Å². The maximum Gasteiger partial charge on any atom is -0.0285 e. The maximum atomic E-state index is 2.37. The predicted molar refractivity (Wildman–Crippen MR) is 55.1 cm³/mol. The molecule has 0 aromatic carbocycles. The zero-order valence-electron chi connectivity index (χ0n) is 8.14. The van der Waals surface area contributed by atoms with Gasteiger partial charge >= 0.3 is 0 Å². The Morgan fingerprint density at radius 3 is 2.58 bits per heavy atom. The quantitative estimate of drug-likeness (QED) is 0.472. The third kappa shape index (κ3) is 3.56.